The second-order valence-corrected chi connectivity index (χ2v) is 19.8. The molecule has 0 aliphatic rings. The first kappa shape index (κ1) is 44.7. The van der Waals surface area contributed by atoms with Crippen molar-refractivity contribution < 1.29 is 0 Å². The highest BCUT2D eigenvalue weighted by Crippen LogP contribution is 2.42. The zero-order valence-electron chi connectivity index (χ0n) is 41.8. The number of hydrogen-bond acceptors (Lipinski definition) is 1. The van der Waals surface area contributed by atoms with E-state index >= 15 is 0 Å². The zero-order valence-corrected chi connectivity index (χ0v) is 41.8. The number of benzene rings is 13. The minimum absolute atomic E-state index is 1.10. The Morgan fingerprint density at radius 2 is 0.579 bits per heavy atom. The molecule has 0 fully saturated rings. The highest BCUT2D eigenvalue weighted by Gasteiger charge is 2.18. The molecule has 14 rings (SSSR count). The van der Waals surface area contributed by atoms with E-state index in [1.807, 2.05) is 0 Å². The third-order valence-corrected chi connectivity index (χ3v) is 15.1. The lowest BCUT2D eigenvalue weighted by atomic mass is 9.94. The van der Waals surface area contributed by atoms with Crippen LogP contribution in [0.2, 0.25) is 0 Å². The van der Waals surface area contributed by atoms with E-state index in [4.69, 9.17) is 0 Å². The summed E-state index contributed by atoms with van der Waals surface area (Å²) in [5.74, 6) is 0. The minimum Gasteiger partial charge on any atom is -0.310 e. The third-order valence-electron chi connectivity index (χ3n) is 15.1. The topological polar surface area (TPSA) is 8.17 Å². The summed E-state index contributed by atoms with van der Waals surface area (Å²) in [5.41, 5.74) is 21.0. The third kappa shape index (κ3) is 8.38. The second kappa shape index (κ2) is 19.1. The van der Waals surface area contributed by atoms with E-state index in [1.165, 1.54) is 105 Å². The van der Waals surface area contributed by atoms with Gasteiger partial charge in [0.25, 0.3) is 0 Å². The van der Waals surface area contributed by atoms with Gasteiger partial charge in [0, 0.05) is 33.5 Å². The van der Waals surface area contributed by atoms with Crippen molar-refractivity contribution in [1.82, 2.24) is 4.57 Å². The van der Waals surface area contributed by atoms with Crippen molar-refractivity contribution in [2.45, 2.75) is 0 Å². The minimum atomic E-state index is 1.10. The normalized spacial score (nSPS) is 11.4. The van der Waals surface area contributed by atoms with E-state index in [1.54, 1.807) is 0 Å². The maximum atomic E-state index is 2.46. The van der Waals surface area contributed by atoms with Crippen LogP contribution in [0.4, 0.5) is 17.1 Å². The van der Waals surface area contributed by atoms with Gasteiger partial charge < -0.3 is 9.47 Å². The molecule has 0 unspecified atom stereocenters. The van der Waals surface area contributed by atoms with Gasteiger partial charge in [0.1, 0.15) is 0 Å². The van der Waals surface area contributed by atoms with Crippen molar-refractivity contribution in [3.05, 3.63) is 303 Å². The van der Waals surface area contributed by atoms with Gasteiger partial charge in [-0.3, -0.25) is 0 Å². The van der Waals surface area contributed by atoms with Crippen molar-refractivity contribution in [2.75, 3.05) is 4.90 Å². The van der Waals surface area contributed by atoms with E-state index in [0.717, 1.165) is 28.3 Å². The largest absolute Gasteiger partial charge is 0.310 e. The van der Waals surface area contributed by atoms with Crippen LogP contribution in [0.1, 0.15) is 0 Å². The predicted octanol–water partition coefficient (Wildman–Crippen LogP) is 20.6. The molecule has 356 valence electrons. The lowest BCUT2D eigenvalue weighted by Gasteiger charge is -2.26. The molecule has 14 aromatic rings. The van der Waals surface area contributed by atoms with Crippen LogP contribution in [0, 0.1) is 0 Å². The van der Waals surface area contributed by atoms with Crippen molar-refractivity contribution in [2.24, 2.45) is 0 Å². The van der Waals surface area contributed by atoms with Crippen LogP contribution in [0.3, 0.4) is 0 Å². The van der Waals surface area contributed by atoms with Crippen molar-refractivity contribution >= 4 is 60.4 Å². The van der Waals surface area contributed by atoms with Crippen LogP contribution in [-0.2, 0) is 0 Å². The van der Waals surface area contributed by atoms with Gasteiger partial charge in [-0.1, -0.05) is 218 Å². The second-order valence-electron chi connectivity index (χ2n) is 19.8. The summed E-state index contributed by atoms with van der Waals surface area (Å²) < 4.78 is 2.46. The van der Waals surface area contributed by atoms with Gasteiger partial charge in [0.15, 0.2) is 0 Å². The number of aromatic nitrogens is 1. The lowest BCUT2D eigenvalue weighted by Crippen LogP contribution is -2.10. The summed E-state index contributed by atoms with van der Waals surface area (Å²) in [7, 11) is 0. The fourth-order valence-corrected chi connectivity index (χ4v) is 11.3. The molecule has 2 nitrogen and oxygen atoms in total. The summed E-state index contributed by atoms with van der Waals surface area (Å²) in [6.45, 7) is 0. The predicted molar refractivity (Wildman–Crippen MR) is 323 cm³/mol. The first-order valence-corrected chi connectivity index (χ1v) is 26.1. The highest BCUT2D eigenvalue weighted by molar-refractivity contribution is 6.11. The molecular weight excluding hydrogens is 917 g/mol. The molecule has 0 saturated carbocycles. The highest BCUT2D eigenvalue weighted by atomic mass is 15.1. The SMILES string of the molecule is c1ccc(-c2cccc(-c3cc(-c4cccc(-c5ccccc5)c4)cc(-n4c5ccccc5c5cc(-c6ccc(-c7cccc(N(c8ccc9ccccc9c8)c8ccc9ccccc9c8)c7)cc6)ccc54)c3)c2)cc1. The lowest BCUT2D eigenvalue weighted by molar-refractivity contribution is 1.18. The molecule has 0 aliphatic heterocycles. The number of anilines is 3. The van der Waals surface area contributed by atoms with Gasteiger partial charge >= 0.3 is 0 Å². The number of para-hydroxylation sites is 1. The Kier molecular flexibility index (Phi) is 11.2. The Labute approximate surface area is 443 Å². The molecule has 0 N–H and O–H groups in total. The zero-order chi connectivity index (χ0) is 50.4. The van der Waals surface area contributed by atoms with Crippen molar-refractivity contribution in [3.8, 4) is 72.4 Å². The Balaban J connectivity index is 0.843. The summed E-state index contributed by atoms with van der Waals surface area (Å²) in [6.07, 6.45) is 0. The van der Waals surface area contributed by atoms with E-state index in [2.05, 4.69) is 313 Å². The fraction of sp³-hybridized carbons (Fsp3) is 0. The molecule has 0 bridgehead atoms. The number of rotatable bonds is 10. The summed E-state index contributed by atoms with van der Waals surface area (Å²) in [4.78, 5) is 2.38. The van der Waals surface area contributed by atoms with Crippen molar-refractivity contribution in [3.63, 3.8) is 0 Å². The Hall–Kier alpha value is -10.0. The molecule has 0 amide bonds. The van der Waals surface area contributed by atoms with Gasteiger partial charge in [-0.2, -0.15) is 0 Å². The number of fused-ring (bicyclic) bond motifs is 5. The summed E-state index contributed by atoms with van der Waals surface area (Å²) in [5, 5.41) is 7.32. The van der Waals surface area contributed by atoms with E-state index in [9.17, 15) is 0 Å². The van der Waals surface area contributed by atoms with Crippen LogP contribution >= 0.6 is 0 Å². The molecule has 0 spiro atoms. The van der Waals surface area contributed by atoms with Gasteiger partial charge in [0.2, 0.25) is 0 Å². The average Bonchev–Trinajstić information content (AvgIpc) is 3.84. The van der Waals surface area contributed by atoms with Crippen LogP contribution in [0.5, 0.6) is 0 Å². The van der Waals surface area contributed by atoms with E-state index in [0.29, 0.717) is 0 Å². The molecule has 0 saturated heterocycles. The fourth-order valence-electron chi connectivity index (χ4n) is 11.3. The van der Waals surface area contributed by atoms with Crippen LogP contribution in [0.25, 0.3) is 116 Å². The maximum Gasteiger partial charge on any atom is 0.0541 e. The molecule has 0 radical (unpaired) electrons. The van der Waals surface area contributed by atoms with E-state index in [-0.39, 0.29) is 0 Å². The molecular formula is C74H50N2. The smallest absolute Gasteiger partial charge is 0.0541 e. The number of nitrogens with zero attached hydrogens (tertiary/aromatic N) is 2. The van der Waals surface area contributed by atoms with Gasteiger partial charge in [-0.25, -0.2) is 0 Å². The maximum absolute atomic E-state index is 2.46. The Morgan fingerprint density at radius 1 is 0.197 bits per heavy atom. The van der Waals surface area contributed by atoms with Crippen LogP contribution < -0.4 is 4.90 Å². The summed E-state index contributed by atoms with van der Waals surface area (Å²) >= 11 is 0. The summed E-state index contributed by atoms with van der Waals surface area (Å²) in [6, 6.07) is 111. The van der Waals surface area contributed by atoms with Crippen LogP contribution in [-0.4, -0.2) is 4.57 Å². The Morgan fingerprint density at radius 3 is 1.14 bits per heavy atom. The van der Waals surface area contributed by atoms with E-state index < -0.39 is 0 Å². The van der Waals surface area contributed by atoms with Gasteiger partial charge in [-0.05, 0) is 173 Å². The number of hydrogen-bond donors (Lipinski definition) is 0. The molecule has 0 aliphatic carbocycles. The van der Waals surface area contributed by atoms with Gasteiger partial charge in [-0.15, -0.1) is 0 Å². The Bertz CT molecular complexity index is 4270. The van der Waals surface area contributed by atoms with Gasteiger partial charge in [0.05, 0.1) is 11.0 Å². The molecule has 2 heteroatoms. The standard InChI is InChI=1S/C74H50N2/c1-3-16-51(17-4-1)57-24-13-26-59(42-57)65-44-66(60-27-14-25-58(43-60)52-18-5-2-6-19-52)49-70(48-65)76-73-31-12-11-30-71(73)72-50-64(38-41-74(72)76)56-34-32-55(33-35-56)63-28-15-29-67(45-63)75(68-39-36-53-20-7-9-22-61(53)46-68)69-40-37-54-21-8-10-23-62(54)47-69/h1-50H. The average molecular weight is 967 g/mol. The molecule has 13 aromatic carbocycles. The molecule has 0 atom stereocenters. The molecule has 1 aromatic heterocycles. The van der Waals surface area contributed by atoms with Crippen molar-refractivity contribution in [1.29, 1.82) is 0 Å². The van der Waals surface area contributed by atoms with Crippen LogP contribution in [0.15, 0.2) is 303 Å². The first-order valence-electron chi connectivity index (χ1n) is 26.1. The molecule has 76 heavy (non-hydrogen) atoms. The quantitative estimate of drug-likeness (QED) is 0.133. The monoisotopic (exact) mass is 966 g/mol. The first-order chi connectivity index (χ1) is 37.6. The molecule has 1 heterocycles.